The van der Waals surface area contributed by atoms with E-state index in [1.807, 2.05) is 0 Å². The van der Waals surface area contributed by atoms with Gasteiger partial charge < -0.3 is 15.7 Å². The van der Waals surface area contributed by atoms with Gasteiger partial charge in [-0.15, -0.1) is 0 Å². The van der Waals surface area contributed by atoms with Gasteiger partial charge in [0, 0.05) is 13.6 Å². The van der Waals surface area contributed by atoms with Gasteiger partial charge in [0.05, 0.1) is 6.10 Å². The normalized spacial score (nSPS) is 45.9. The first kappa shape index (κ1) is 20.3. The van der Waals surface area contributed by atoms with Crippen LogP contribution >= 0.6 is 0 Å². The number of fused-ring (bicyclic) bond motifs is 5. The van der Waals surface area contributed by atoms with Crippen LogP contribution in [0, 0.1) is 40.4 Å². The summed E-state index contributed by atoms with van der Waals surface area (Å²) >= 11 is 0. The lowest BCUT2D eigenvalue weighted by atomic mass is 9.47. The van der Waals surface area contributed by atoms with E-state index < -0.39 is 0 Å². The number of rotatable bonds is 3. The van der Waals surface area contributed by atoms with Crippen LogP contribution in [0.1, 0.15) is 72.1 Å². The maximum Gasteiger partial charge on any atom is 0.314 e. The number of allylic oxidation sites excluding steroid dienone is 1. The molecular formula is C24H40N2O2. The van der Waals surface area contributed by atoms with Gasteiger partial charge in [0.1, 0.15) is 0 Å². The Hall–Kier alpha value is -1.03. The van der Waals surface area contributed by atoms with Gasteiger partial charge in [0.2, 0.25) is 0 Å². The van der Waals surface area contributed by atoms with Gasteiger partial charge in [-0.2, -0.15) is 0 Å². The van der Waals surface area contributed by atoms with E-state index in [4.69, 9.17) is 0 Å². The number of aliphatic hydroxyl groups excluding tert-OH is 1. The average molecular weight is 389 g/mol. The lowest BCUT2D eigenvalue weighted by Crippen LogP contribution is -2.51. The standard InChI is InChI=1S/C24H40N2O2/c1-15(14-26-22(28)25-4)19-7-8-20-18-6-5-16-13-17(27)9-11-23(16,2)21(18)10-12-24(19,20)3/h5,15,17-21,27H,6-14H2,1-4H3,(H2,25,26,28)/t15-,17+,18+,19-,20+,21+,23+,24-/m1/s1. The number of hydrogen-bond donors (Lipinski definition) is 3. The summed E-state index contributed by atoms with van der Waals surface area (Å²) in [7, 11) is 1.68. The number of aliphatic hydroxyl groups is 1. The van der Waals surface area contributed by atoms with Gasteiger partial charge in [0.25, 0.3) is 0 Å². The average Bonchev–Trinajstić information content (AvgIpc) is 3.03. The van der Waals surface area contributed by atoms with Crippen molar-refractivity contribution in [2.24, 2.45) is 40.4 Å². The van der Waals surface area contributed by atoms with E-state index in [1.54, 1.807) is 12.6 Å². The van der Waals surface area contributed by atoms with Crippen molar-refractivity contribution in [3.8, 4) is 0 Å². The van der Waals surface area contributed by atoms with Crippen molar-refractivity contribution >= 4 is 6.03 Å². The van der Waals surface area contributed by atoms with E-state index in [0.717, 1.165) is 37.1 Å². The minimum Gasteiger partial charge on any atom is -0.393 e. The van der Waals surface area contributed by atoms with Gasteiger partial charge in [-0.05, 0) is 91.8 Å². The van der Waals surface area contributed by atoms with Crippen LogP contribution in [0.2, 0.25) is 0 Å². The second kappa shape index (κ2) is 7.34. The van der Waals surface area contributed by atoms with Crippen LogP contribution in [0.5, 0.6) is 0 Å². The molecule has 4 nitrogen and oxygen atoms in total. The van der Waals surface area contributed by atoms with E-state index in [-0.39, 0.29) is 12.1 Å². The molecule has 0 aromatic carbocycles. The fourth-order valence-electron chi connectivity index (χ4n) is 8.10. The third-order valence-corrected chi connectivity index (χ3v) is 9.65. The molecular weight excluding hydrogens is 348 g/mol. The van der Waals surface area contributed by atoms with Crippen molar-refractivity contribution in [3.63, 3.8) is 0 Å². The molecule has 158 valence electrons. The Bertz CT molecular complexity index is 647. The molecule has 0 aliphatic heterocycles. The smallest absolute Gasteiger partial charge is 0.314 e. The number of hydrogen-bond acceptors (Lipinski definition) is 2. The number of nitrogens with one attached hydrogen (secondary N) is 2. The Morgan fingerprint density at radius 2 is 2.00 bits per heavy atom. The molecule has 0 aromatic heterocycles. The highest BCUT2D eigenvalue weighted by Crippen LogP contribution is 2.67. The number of carbonyl (C=O) groups is 1. The predicted molar refractivity (Wildman–Crippen MR) is 113 cm³/mol. The van der Waals surface area contributed by atoms with Crippen LogP contribution < -0.4 is 10.6 Å². The van der Waals surface area contributed by atoms with Crippen LogP contribution in [0.4, 0.5) is 4.79 Å². The molecule has 2 amide bonds. The van der Waals surface area contributed by atoms with Gasteiger partial charge >= 0.3 is 6.03 Å². The minimum atomic E-state index is -0.116. The van der Waals surface area contributed by atoms with E-state index in [9.17, 15) is 9.90 Å². The minimum absolute atomic E-state index is 0.0624. The summed E-state index contributed by atoms with van der Waals surface area (Å²) in [5, 5.41) is 15.9. The zero-order chi connectivity index (χ0) is 20.1. The third-order valence-electron chi connectivity index (χ3n) is 9.65. The number of amides is 2. The maximum absolute atomic E-state index is 11.6. The summed E-state index contributed by atoms with van der Waals surface area (Å²) in [6.07, 6.45) is 12.0. The molecule has 4 aliphatic carbocycles. The Labute approximate surface area is 170 Å². The molecule has 0 saturated heterocycles. The molecule has 28 heavy (non-hydrogen) atoms. The molecule has 0 spiro atoms. The molecule has 0 bridgehead atoms. The highest BCUT2D eigenvalue weighted by Gasteiger charge is 2.59. The molecule has 3 fully saturated rings. The van der Waals surface area contributed by atoms with E-state index >= 15 is 0 Å². The highest BCUT2D eigenvalue weighted by atomic mass is 16.3. The molecule has 0 heterocycles. The molecule has 3 N–H and O–H groups in total. The van der Waals surface area contributed by atoms with E-state index in [2.05, 4.69) is 37.5 Å². The van der Waals surface area contributed by atoms with Crippen LogP contribution in [0.15, 0.2) is 11.6 Å². The fraction of sp³-hybridized carbons (Fsp3) is 0.875. The van der Waals surface area contributed by atoms with Crippen LogP contribution in [0.3, 0.4) is 0 Å². The SMILES string of the molecule is CNC(=O)NC[C@@H](C)[C@H]1CC[C@H]2[C@@H]3CC=C4C[C@@H](O)CC[C@]4(C)[C@H]3CC[C@]12C. The summed E-state index contributed by atoms with van der Waals surface area (Å²) in [4.78, 5) is 11.6. The van der Waals surface area contributed by atoms with Crippen LogP contribution in [0.25, 0.3) is 0 Å². The molecule has 8 atom stereocenters. The molecule has 4 rings (SSSR count). The zero-order valence-corrected chi connectivity index (χ0v) is 18.3. The summed E-state index contributed by atoms with van der Waals surface area (Å²) < 4.78 is 0. The molecule has 4 aliphatic rings. The molecule has 0 aromatic rings. The summed E-state index contributed by atoms with van der Waals surface area (Å²) in [6.45, 7) is 8.18. The molecule has 3 saturated carbocycles. The van der Waals surface area contributed by atoms with Crippen molar-refractivity contribution in [1.29, 1.82) is 0 Å². The van der Waals surface area contributed by atoms with Crippen molar-refractivity contribution in [2.75, 3.05) is 13.6 Å². The second-order valence-electron chi connectivity index (χ2n) is 10.8. The first-order valence-electron chi connectivity index (χ1n) is 11.6. The van der Waals surface area contributed by atoms with E-state index in [0.29, 0.717) is 22.7 Å². The van der Waals surface area contributed by atoms with Crippen molar-refractivity contribution in [1.82, 2.24) is 10.6 Å². The summed E-state index contributed by atoms with van der Waals surface area (Å²) in [6, 6.07) is -0.0624. The fourth-order valence-corrected chi connectivity index (χ4v) is 8.10. The summed E-state index contributed by atoms with van der Waals surface area (Å²) in [5.41, 5.74) is 2.31. The van der Waals surface area contributed by atoms with Crippen molar-refractivity contribution < 1.29 is 9.90 Å². The Morgan fingerprint density at radius 1 is 1.21 bits per heavy atom. The first-order valence-corrected chi connectivity index (χ1v) is 11.6. The van der Waals surface area contributed by atoms with Crippen molar-refractivity contribution in [3.05, 3.63) is 11.6 Å². The molecule has 0 radical (unpaired) electrons. The summed E-state index contributed by atoms with van der Waals surface area (Å²) in [5.74, 6) is 3.67. The molecule has 0 unspecified atom stereocenters. The van der Waals surface area contributed by atoms with Crippen molar-refractivity contribution in [2.45, 2.75) is 78.2 Å². The van der Waals surface area contributed by atoms with Gasteiger partial charge in [-0.1, -0.05) is 32.4 Å². The number of carbonyl (C=O) groups excluding carboxylic acids is 1. The highest BCUT2D eigenvalue weighted by molar-refractivity contribution is 5.73. The largest absolute Gasteiger partial charge is 0.393 e. The topological polar surface area (TPSA) is 61.4 Å². The zero-order valence-electron chi connectivity index (χ0n) is 18.3. The van der Waals surface area contributed by atoms with Gasteiger partial charge in [0.15, 0.2) is 0 Å². The maximum atomic E-state index is 11.6. The first-order chi connectivity index (χ1) is 13.3. The predicted octanol–water partition coefficient (Wildman–Crippen LogP) is 4.49. The molecule has 4 heteroatoms. The Balaban J connectivity index is 1.51. The van der Waals surface area contributed by atoms with Crippen LogP contribution in [-0.4, -0.2) is 30.8 Å². The quantitative estimate of drug-likeness (QED) is 0.624. The van der Waals surface area contributed by atoms with Crippen LogP contribution in [-0.2, 0) is 0 Å². The third kappa shape index (κ3) is 3.11. The Morgan fingerprint density at radius 3 is 2.75 bits per heavy atom. The van der Waals surface area contributed by atoms with E-state index in [1.165, 1.54) is 38.5 Å². The number of urea groups is 1. The van der Waals surface area contributed by atoms with Gasteiger partial charge in [-0.3, -0.25) is 0 Å². The van der Waals surface area contributed by atoms with Gasteiger partial charge in [-0.25, -0.2) is 4.79 Å². The Kier molecular flexibility index (Phi) is 5.31. The lowest BCUT2D eigenvalue weighted by Gasteiger charge is -2.58. The lowest BCUT2D eigenvalue weighted by molar-refractivity contribution is -0.0564. The monoisotopic (exact) mass is 388 g/mol. The second-order valence-corrected chi connectivity index (χ2v) is 10.8.